The van der Waals surface area contributed by atoms with E-state index in [4.69, 9.17) is 4.52 Å². The fraction of sp³-hybridized carbons (Fsp3) is 0. The summed E-state index contributed by atoms with van der Waals surface area (Å²) in [5, 5.41) is 4.82. The van der Waals surface area contributed by atoms with E-state index in [1.54, 1.807) is 0 Å². The Bertz CT molecular complexity index is 1160. The molecule has 0 aliphatic heterocycles. The molecule has 0 spiro atoms. The summed E-state index contributed by atoms with van der Waals surface area (Å²) in [4.78, 5) is 3.54. The molecule has 0 atom stereocenters. The molecule has 0 bridgehead atoms. The number of para-hydroxylation sites is 2. The Hall–Kier alpha value is -3.09. The molecule has 0 aliphatic rings. The van der Waals surface area contributed by atoms with Gasteiger partial charge >= 0.3 is 0 Å². The molecule has 2 nitrogen and oxygen atoms in total. The molecule has 1 aromatic heterocycles. The maximum atomic E-state index is 6.66. The van der Waals surface area contributed by atoms with Gasteiger partial charge in [0.05, 0.1) is 5.52 Å². The highest BCUT2D eigenvalue weighted by atomic mass is 31.1. The minimum atomic E-state index is -0.950. The zero-order chi connectivity index (χ0) is 18.1. The maximum Gasteiger partial charge on any atom is 0.150 e. The Morgan fingerprint density at radius 2 is 1.15 bits per heavy atom. The number of H-pyrrole nitrogens is 1. The minimum Gasteiger partial charge on any atom is -0.462 e. The summed E-state index contributed by atoms with van der Waals surface area (Å²) in [7, 11) is -0.950. The second kappa shape index (κ2) is 6.90. The predicted molar refractivity (Wildman–Crippen MR) is 116 cm³/mol. The van der Waals surface area contributed by atoms with Crippen molar-refractivity contribution in [3.05, 3.63) is 103 Å². The Morgan fingerprint density at radius 3 is 1.85 bits per heavy atom. The van der Waals surface area contributed by atoms with Gasteiger partial charge in [-0.25, -0.2) is 0 Å². The van der Waals surface area contributed by atoms with E-state index in [9.17, 15) is 0 Å². The van der Waals surface area contributed by atoms with Gasteiger partial charge < -0.3 is 9.51 Å². The van der Waals surface area contributed by atoms with Crippen LogP contribution < -0.4 is 15.1 Å². The Labute approximate surface area is 159 Å². The highest BCUT2D eigenvalue weighted by Gasteiger charge is 2.19. The van der Waals surface area contributed by atoms with Crippen molar-refractivity contribution in [1.29, 1.82) is 0 Å². The molecule has 0 amide bonds. The third-order valence-corrected chi connectivity index (χ3v) is 6.59. The van der Waals surface area contributed by atoms with E-state index < -0.39 is 8.15 Å². The topological polar surface area (TPSA) is 25.0 Å². The summed E-state index contributed by atoms with van der Waals surface area (Å²) < 4.78 is 6.66. The lowest BCUT2D eigenvalue weighted by Gasteiger charge is -2.19. The van der Waals surface area contributed by atoms with E-state index in [0.29, 0.717) is 0 Å². The molecule has 0 unspecified atom stereocenters. The summed E-state index contributed by atoms with van der Waals surface area (Å²) in [5.41, 5.74) is 2.19. The van der Waals surface area contributed by atoms with Gasteiger partial charge in [-0.2, -0.15) is 0 Å². The number of rotatable bonds is 4. The monoisotopic (exact) mass is 367 g/mol. The van der Waals surface area contributed by atoms with Gasteiger partial charge in [0.25, 0.3) is 0 Å². The van der Waals surface area contributed by atoms with Crippen molar-refractivity contribution >= 4 is 40.6 Å². The second-order valence-electron chi connectivity index (χ2n) is 6.41. The first kappa shape index (κ1) is 16.1. The van der Waals surface area contributed by atoms with Crippen LogP contribution >= 0.6 is 8.15 Å². The van der Waals surface area contributed by atoms with Crippen molar-refractivity contribution in [2.45, 2.75) is 0 Å². The molecule has 1 N–H and O–H groups in total. The normalized spacial score (nSPS) is 11.3. The molecular formula is C24H18NOP. The summed E-state index contributed by atoms with van der Waals surface area (Å²) in [6, 6.07) is 35.6. The van der Waals surface area contributed by atoms with Crippen LogP contribution in [-0.4, -0.2) is 4.98 Å². The Balaban J connectivity index is 1.65. The number of fused-ring (bicyclic) bond motifs is 3. The maximum absolute atomic E-state index is 6.66. The van der Waals surface area contributed by atoms with Gasteiger partial charge in [0.2, 0.25) is 0 Å². The smallest absolute Gasteiger partial charge is 0.150 e. The zero-order valence-corrected chi connectivity index (χ0v) is 15.6. The zero-order valence-electron chi connectivity index (χ0n) is 14.7. The molecule has 5 rings (SSSR count). The van der Waals surface area contributed by atoms with Crippen LogP contribution in [0.25, 0.3) is 21.8 Å². The highest BCUT2D eigenvalue weighted by molar-refractivity contribution is 7.68. The average Bonchev–Trinajstić information content (AvgIpc) is 3.13. The lowest BCUT2D eigenvalue weighted by Crippen LogP contribution is -2.15. The number of aromatic nitrogens is 1. The summed E-state index contributed by atoms with van der Waals surface area (Å²) in [5.74, 6) is 0.891. The van der Waals surface area contributed by atoms with Crippen LogP contribution in [0.5, 0.6) is 5.75 Å². The van der Waals surface area contributed by atoms with Gasteiger partial charge in [0.1, 0.15) is 5.75 Å². The predicted octanol–water partition coefficient (Wildman–Crippen LogP) is 5.75. The number of hydrogen-bond donors (Lipinski definition) is 1. The van der Waals surface area contributed by atoms with Crippen molar-refractivity contribution in [3.63, 3.8) is 0 Å². The largest absolute Gasteiger partial charge is 0.462 e. The van der Waals surface area contributed by atoms with Crippen molar-refractivity contribution in [3.8, 4) is 5.75 Å². The second-order valence-corrected chi connectivity index (χ2v) is 8.21. The number of aromatic amines is 1. The molecular weight excluding hydrogens is 349 g/mol. The van der Waals surface area contributed by atoms with Crippen LogP contribution in [0.1, 0.15) is 0 Å². The first-order valence-electron chi connectivity index (χ1n) is 8.98. The average molecular weight is 367 g/mol. The quantitative estimate of drug-likeness (QED) is 0.402. The van der Waals surface area contributed by atoms with E-state index in [1.165, 1.54) is 21.4 Å². The number of benzene rings is 4. The van der Waals surface area contributed by atoms with Crippen LogP contribution in [0, 0.1) is 0 Å². The molecule has 130 valence electrons. The fourth-order valence-electron chi connectivity index (χ4n) is 3.40. The lowest BCUT2D eigenvalue weighted by atomic mass is 10.1. The molecule has 0 saturated carbocycles. The first-order valence-corrected chi connectivity index (χ1v) is 10.2. The molecule has 0 saturated heterocycles. The van der Waals surface area contributed by atoms with E-state index in [1.807, 2.05) is 12.1 Å². The third-order valence-electron chi connectivity index (χ3n) is 4.67. The molecule has 1 heterocycles. The summed E-state index contributed by atoms with van der Waals surface area (Å²) in [6.07, 6.45) is 0. The van der Waals surface area contributed by atoms with Gasteiger partial charge in [-0.05, 0) is 12.1 Å². The number of hydrogen-bond acceptors (Lipinski definition) is 1. The fourth-order valence-corrected chi connectivity index (χ4v) is 5.15. The molecule has 0 aliphatic carbocycles. The van der Waals surface area contributed by atoms with E-state index in [-0.39, 0.29) is 0 Å². The van der Waals surface area contributed by atoms with Crippen molar-refractivity contribution in [1.82, 2.24) is 4.98 Å². The van der Waals surface area contributed by atoms with Crippen molar-refractivity contribution < 1.29 is 4.52 Å². The van der Waals surface area contributed by atoms with Gasteiger partial charge in [-0.15, -0.1) is 0 Å². The van der Waals surface area contributed by atoms with Gasteiger partial charge in [0.15, 0.2) is 8.15 Å². The van der Waals surface area contributed by atoms with Gasteiger partial charge in [-0.3, -0.25) is 0 Å². The SMILES string of the molecule is c1ccc(P(Oc2cccc3c2[nH]c2ccccc23)c2ccccc2)cc1. The first-order chi connectivity index (χ1) is 13.4. The van der Waals surface area contributed by atoms with Crippen LogP contribution in [-0.2, 0) is 0 Å². The van der Waals surface area contributed by atoms with Crippen LogP contribution in [0.2, 0.25) is 0 Å². The summed E-state index contributed by atoms with van der Waals surface area (Å²) in [6.45, 7) is 0. The van der Waals surface area contributed by atoms with Gasteiger partial charge in [-0.1, -0.05) is 91.0 Å². The van der Waals surface area contributed by atoms with E-state index in [2.05, 4.69) is 96.0 Å². The van der Waals surface area contributed by atoms with E-state index in [0.717, 1.165) is 16.8 Å². The van der Waals surface area contributed by atoms with Crippen LogP contribution in [0.15, 0.2) is 103 Å². The molecule has 3 heteroatoms. The Kier molecular flexibility index (Phi) is 4.12. The third kappa shape index (κ3) is 2.99. The summed E-state index contributed by atoms with van der Waals surface area (Å²) >= 11 is 0. The molecule has 4 aromatic carbocycles. The van der Waals surface area contributed by atoms with Crippen LogP contribution in [0.3, 0.4) is 0 Å². The molecule has 5 aromatic rings. The number of nitrogens with one attached hydrogen (secondary N) is 1. The Morgan fingerprint density at radius 1 is 0.556 bits per heavy atom. The van der Waals surface area contributed by atoms with Crippen molar-refractivity contribution in [2.75, 3.05) is 0 Å². The highest BCUT2D eigenvalue weighted by Crippen LogP contribution is 2.40. The minimum absolute atomic E-state index is 0.891. The van der Waals surface area contributed by atoms with Crippen molar-refractivity contribution in [2.24, 2.45) is 0 Å². The standard InChI is InChI=1S/C24H18NOP/c1-3-10-18(11-4-1)27(19-12-5-2-6-13-19)26-23-17-9-15-21-20-14-7-8-16-22(20)25-24(21)23/h1-17,25H. The van der Waals surface area contributed by atoms with Gasteiger partial charge in [0, 0.05) is 26.9 Å². The molecule has 0 fully saturated rings. The molecule has 27 heavy (non-hydrogen) atoms. The lowest BCUT2D eigenvalue weighted by molar-refractivity contribution is 0.636. The van der Waals surface area contributed by atoms with Crippen LogP contribution in [0.4, 0.5) is 0 Å². The molecule has 0 radical (unpaired) electrons. The van der Waals surface area contributed by atoms with E-state index >= 15 is 0 Å².